The van der Waals surface area contributed by atoms with Crippen LogP contribution in [0.4, 0.5) is 4.39 Å². The van der Waals surface area contributed by atoms with Gasteiger partial charge < -0.3 is 5.32 Å². The number of carbonyl (C=O) groups is 1. The molecule has 1 aliphatic rings. The summed E-state index contributed by atoms with van der Waals surface area (Å²) in [6, 6.07) is 14.6. The summed E-state index contributed by atoms with van der Waals surface area (Å²) in [5, 5.41) is 7.75. The first-order valence-electron chi connectivity index (χ1n) is 10.5. The van der Waals surface area contributed by atoms with E-state index in [0.29, 0.717) is 13.0 Å². The van der Waals surface area contributed by atoms with Crippen LogP contribution in [0.5, 0.6) is 0 Å². The molecule has 1 N–H and O–H groups in total. The molecule has 2 aromatic carbocycles. The second-order valence-electron chi connectivity index (χ2n) is 9.07. The van der Waals surface area contributed by atoms with Gasteiger partial charge in [-0.15, -0.1) is 0 Å². The number of nitrogens with one attached hydrogen (secondary N) is 1. The molecule has 0 atom stereocenters. The third kappa shape index (κ3) is 4.45. The Kier molecular flexibility index (Phi) is 5.46. The monoisotopic (exact) mass is 405 g/mol. The van der Waals surface area contributed by atoms with E-state index in [-0.39, 0.29) is 17.1 Å². The zero-order valence-corrected chi connectivity index (χ0v) is 17.8. The molecule has 0 fully saturated rings. The van der Waals surface area contributed by atoms with Gasteiger partial charge in [0, 0.05) is 5.41 Å². The van der Waals surface area contributed by atoms with Gasteiger partial charge in [-0.25, -0.2) is 9.07 Å². The summed E-state index contributed by atoms with van der Waals surface area (Å²) in [5.41, 5.74) is 6.28. The summed E-state index contributed by atoms with van der Waals surface area (Å²) in [5.74, 6) is -0.303. The molecule has 3 aromatic rings. The van der Waals surface area contributed by atoms with E-state index in [1.807, 2.05) is 6.07 Å². The normalized spacial score (nSPS) is 13.3. The second kappa shape index (κ2) is 8.05. The number of hydrogen-bond donors (Lipinski definition) is 1. The summed E-state index contributed by atoms with van der Waals surface area (Å²) < 4.78 is 15.1. The number of benzene rings is 2. The van der Waals surface area contributed by atoms with Gasteiger partial charge >= 0.3 is 0 Å². The van der Waals surface area contributed by atoms with Gasteiger partial charge in [0.25, 0.3) is 0 Å². The summed E-state index contributed by atoms with van der Waals surface area (Å²) in [4.78, 5) is 12.6. The van der Waals surface area contributed by atoms with E-state index in [1.165, 1.54) is 29.7 Å². The number of amides is 1. The SMILES string of the molecule is CC(C)(C)c1cc(CNC(=O)Cc2ccc3c(c2)CCC3)n(-c2ccc(F)cc2)n1. The molecule has 0 aliphatic heterocycles. The van der Waals surface area contributed by atoms with Gasteiger partial charge in [0.15, 0.2) is 0 Å². The number of hydrogen-bond acceptors (Lipinski definition) is 2. The quantitative estimate of drug-likeness (QED) is 0.671. The maximum Gasteiger partial charge on any atom is 0.224 e. The van der Waals surface area contributed by atoms with E-state index in [2.05, 4.69) is 44.3 Å². The van der Waals surface area contributed by atoms with Crippen molar-refractivity contribution in [3.8, 4) is 5.69 Å². The van der Waals surface area contributed by atoms with Gasteiger partial charge in [-0.1, -0.05) is 39.0 Å². The van der Waals surface area contributed by atoms with Gasteiger partial charge in [-0.05, 0) is 66.3 Å². The number of aryl methyl sites for hydroxylation is 2. The first-order chi connectivity index (χ1) is 14.3. The highest BCUT2D eigenvalue weighted by Gasteiger charge is 2.21. The Bertz CT molecular complexity index is 1060. The Labute approximate surface area is 177 Å². The molecule has 1 heterocycles. The van der Waals surface area contributed by atoms with Crippen LogP contribution in [-0.2, 0) is 36.0 Å². The van der Waals surface area contributed by atoms with Crippen molar-refractivity contribution in [1.29, 1.82) is 0 Å². The number of nitrogens with zero attached hydrogens (tertiary/aromatic N) is 2. The molecule has 0 bridgehead atoms. The molecular weight excluding hydrogens is 377 g/mol. The molecule has 1 aromatic heterocycles. The van der Waals surface area contributed by atoms with Crippen LogP contribution < -0.4 is 5.32 Å². The highest BCUT2D eigenvalue weighted by atomic mass is 19.1. The molecule has 30 heavy (non-hydrogen) atoms. The molecule has 0 saturated carbocycles. The lowest BCUT2D eigenvalue weighted by Gasteiger charge is -2.14. The molecule has 4 rings (SSSR count). The minimum Gasteiger partial charge on any atom is -0.350 e. The van der Waals surface area contributed by atoms with E-state index in [0.717, 1.165) is 35.5 Å². The van der Waals surface area contributed by atoms with Crippen LogP contribution in [0.1, 0.15) is 55.3 Å². The number of aromatic nitrogens is 2. The van der Waals surface area contributed by atoms with Crippen LogP contribution >= 0.6 is 0 Å². The van der Waals surface area contributed by atoms with E-state index in [4.69, 9.17) is 5.10 Å². The number of halogens is 1. The largest absolute Gasteiger partial charge is 0.350 e. The standard InChI is InChI=1S/C25H28FN3O/c1-25(2,3)23-15-22(29(28-23)21-11-9-20(26)10-12-21)16-27-24(30)14-17-7-8-18-5-4-6-19(18)13-17/h7-13,15H,4-6,14,16H2,1-3H3,(H,27,30). The van der Waals surface area contributed by atoms with Crippen molar-refractivity contribution in [2.24, 2.45) is 0 Å². The fraction of sp³-hybridized carbons (Fsp3) is 0.360. The Morgan fingerprint density at radius 3 is 2.53 bits per heavy atom. The van der Waals surface area contributed by atoms with E-state index >= 15 is 0 Å². The maximum atomic E-state index is 13.4. The lowest BCUT2D eigenvalue weighted by atomic mass is 9.92. The minimum atomic E-state index is -0.286. The predicted octanol–water partition coefficient (Wildman–Crippen LogP) is 4.66. The molecule has 1 aliphatic carbocycles. The summed E-state index contributed by atoms with van der Waals surface area (Å²) in [6.07, 6.45) is 3.82. The topological polar surface area (TPSA) is 46.9 Å². The summed E-state index contributed by atoms with van der Waals surface area (Å²) in [7, 11) is 0. The van der Waals surface area contributed by atoms with Crippen LogP contribution in [-0.4, -0.2) is 15.7 Å². The van der Waals surface area contributed by atoms with Crippen molar-refractivity contribution < 1.29 is 9.18 Å². The number of carbonyl (C=O) groups excluding carboxylic acids is 1. The first-order valence-corrected chi connectivity index (χ1v) is 10.5. The average Bonchev–Trinajstić information content (AvgIpc) is 3.33. The zero-order chi connectivity index (χ0) is 21.3. The van der Waals surface area contributed by atoms with Gasteiger partial charge in [0.1, 0.15) is 5.82 Å². The van der Waals surface area contributed by atoms with Gasteiger partial charge in [-0.3, -0.25) is 4.79 Å². The fourth-order valence-corrected chi connectivity index (χ4v) is 3.89. The van der Waals surface area contributed by atoms with Gasteiger partial charge in [0.2, 0.25) is 5.91 Å². The molecule has 0 radical (unpaired) electrons. The van der Waals surface area contributed by atoms with Gasteiger partial charge in [0.05, 0.1) is 30.0 Å². The second-order valence-corrected chi connectivity index (χ2v) is 9.07. The van der Waals surface area contributed by atoms with Crippen LogP contribution in [0.25, 0.3) is 5.69 Å². The Balaban J connectivity index is 1.50. The van der Waals surface area contributed by atoms with Crippen molar-refractivity contribution in [3.05, 3.63) is 82.4 Å². The smallest absolute Gasteiger partial charge is 0.224 e. The molecule has 156 valence electrons. The van der Waals surface area contributed by atoms with Gasteiger partial charge in [-0.2, -0.15) is 5.10 Å². The van der Waals surface area contributed by atoms with Crippen molar-refractivity contribution in [3.63, 3.8) is 0 Å². The average molecular weight is 406 g/mol. The zero-order valence-electron chi connectivity index (χ0n) is 17.8. The minimum absolute atomic E-state index is 0.0166. The molecule has 4 nitrogen and oxygen atoms in total. The Hall–Kier alpha value is -2.95. The summed E-state index contributed by atoms with van der Waals surface area (Å²) in [6.45, 7) is 6.66. The van der Waals surface area contributed by atoms with Crippen LogP contribution in [0, 0.1) is 5.82 Å². The molecule has 0 unspecified atom stereocenters. The lowest BCUT2D eigenvalue weighted by Crippen LogP contribution is -2.25. The Morgan fingerprint density at radius 1 is 1.07 bits per heavy atom. The van der Waals surface area contributed by atoms with Crippen molar-refractivity contribution in [1.82, 2.24) is 15.1 Å². The molecular formula is C25H28FN3O. The van der Waals surface area contributed by atoms with Crippen molar-refractivity contribution in [2.45, 2.75) is 58.4 Å². The highest BCUT2D eigenvalue weighted by molar-refractivity contribution is 5.78. The third-order valence-corrected chi connectivity index (χ3v) is 5.62. The van der Waals surface area contributed by atoms with E-state index < -0.39 is 0 Å². The molecule has 0 saturated heterocycles. The van der Waals surface area contributed by atoms with E-state index in [1.54, 1.807) is 16.8 Å². The first kappa shape index (κ1) is 20.3. The predicted molar refractivity (Wildman–Crippen MR) is 116 cm³/mol. The van der Waals surface area contributed by atoms with E-state index in [9.17, 15) is 9.18 Å². The van der Waals surface area contributed by atoms with Crippen LogP contribution in [0.3, 0.4) is 0 Å². The van der Waals surface area contributed by atoms with Crippen LogP contribution in [0.2, 0.25) is 0 Å². The Morgan fingerprint density at radius 2 is 1.80 bits per heavy atom. The molecule has 1 amide bonds. The highest BCUT2D eigenvalue weighted by Crippen LogP contribution is 2.25. The van der Waals surface area contributed by atoms with Crippen molar-refractivity contribution >= 4 is 5.91 Å². The van der Waals surface area contributed by atoms with Crippen LogP contribution in [0.15, 0.2) is 48.5 Å². The van der Waals surface area contributed by atoms with Crippen molar-refractivity contribution in [2.75, 3.05) is 0 Å². The molecule has 0 spiro atoms. The third-order valence-electron chi connectivity index (χ3n) is 5.62. The lowest BCUT2D eigenvalue weighted by molar-refractivity contribution is -0.120. The maximum absolute atomic E-state index is 13.4. The number of fused-ring (bicyclic) bond motifs is 1. The number of rotatable bonds is 5. The molecule has 5 heteroatoms. The summed E-state index contributed by atoms with van der Waals surface area (Å²) >= 11 is 0. The fourth-order valence-electron chi connectivity index (χ4n) is 3.89.